The molecule has 0 aliphatic carbocycles. The van der Waals surface area contributed by atoms with Gasteiger partial charge in [0.25, 0.3) is 0 Å². The maximum atomic E-state index is 13.1. The zero-order chi connectivity index (χ0) is 14.4. The molecule has 2 aromatic carbocycles. The van der Waals surface area contributed by atoms with Crippen LogP contribution >= 0.6 is 11.6 Å². The molecule has 0 radical (unpaired) electrons. The first-order valence-corrected chi connectivity index (χ1v) is 7.28. The molecule has 0 spiro atoms. The van der Waals surface area contributed by atoms with Crippen molar-refractivity contribution >= 4 is 11.6 Å². The summed E-state index contributed by atoms with van der Waals surface area (Å²) in [5.74, 6) is -0.290. The van der Waals surface area contributed by atoms with Gasteiger partial charge < -0.3 is 5.32 Å². The van der Waals surface area contributed by atoms with Crippen LogP contribution in [0.25, 0.3) is 0 Å². The molecule has 0 amide bonds. The second-order valence-electron chi connectivity index (χ2n) is 4.88. The molecule has 0 aliphatic rings. The fourth-order valence-electron chi connectivity index (χ4n) is 2.36. The lowest BCUT2D eigenvalue weighted by Crippen LogP contribution is -2.33. The number of nitrogens with one attached hydrogen (secondary N) is 1. The fraction of sp³-hybridized carbons (Fsp3) is 0.294. The van der Waals surface area contributed by atoms with Gasteiger partial charge in [-0.25, -0.2) is 4.39 Å². The number of halogens is 2. The van der Waals surface area contributed by atoms with Crippen molar-refractivity contribution in [2.45, 2.75) is 25.8 Å². The summed E-state index contributed by atoms with van der Waals surface area (Å²) in [7, 11) is 0. The molecule has 0 aliphatic heterocycles. The SMILES string of the molecule is CCNC(Cc1ccccc1)Cc1ccc(F)cc1Cl. The average molecular weight is 292 g/mol. The Morgan fingerprint density at radius 3 is 2.50 bits per heavy atom. The summed E-state index contributed by atoms with van der Waals surface area (Å²) in [6, 6.07) is 15.3. The highest BCUT2D eigenvalue weighted by molar-refractivity contribution is 6.31. The van der Waals surface area contributed by atoms with E-state index in [2.05, 4.69) is 24.4 Å². The third-order valence-corrected chi connectivity index (χ3v) is 3.65. The molecule has 1 nitrogen and oxygen atoms in total. The number of rotatable bonds is 6. The third kappa shape index (κ3) is 4.32. The Kier molecular flexibility index (Phi) is 5.57. The van der Waals surface area contributed by atoms with Crippen LogP contribution in [-0.4, -0.2) is 12.6 Å². The van der Waals surface area contributed by atoms with Crippen molar-refractivity contribution in [3.8, 4) is 0 Å². The van der Waals surface area contributed by atoms with Crippen molar-refractivity contribution in [2.24, 2.45) is 0 Å². The second-order valence-corrected chi connectivity index (χ2v) is 5.29. The summed E-state index contributed by atoms with van der Waals surface area (Å²) in [5.41, 5.74) is 2.27. The first kappa shape index (κ1) is 15.0. The quantitative estimate of drug-likeness (QED) is 0.839. The molecule has 0 aromatic heterocycles. The minimum absolute atomic E-state index is 0.290. The molecule has 3 heteroatoms. The molecule has 0 saturated carbocycles. The summed E-state index contributed by atoms with van der Waals surface area (Å²) in [6.07, 6.45) is 1.73. The van der Waals surface area contributed by atoms with E-state index in [0.29, 0.717) is 11.1 Å². The van der Waals surface area contributed by atoms with Gasteiger partial charge in [0.05, 0.1) is 0 Å². The third-order valence-electron chi connectivity index (χ3n) is 3.30. The first-order chi connectivity index (χ1) is 9.69. The van der Waals surface area contributed by atoms with Gasteiger partial charge in [0.2, 0.25) is 0 Å². The Labute approximate surface area is 124 Å². The van der Waals surface area contributed by atoms with Gasteiger partial charge in [-0.2, -0.15) is 0 Å². The van der Waals surface area contributed by atoms with Crippen LogP contribution in [0.15, 0.2) is 48.5 Å². The Morgan fingerprint density at radius 2 is 1.85 bits per heavy atom. The molecule has 0 fully saturated rings. The second kappa shape index (κ2) is 7.41. The first-order valence-electron chi connectivity index (χ1n) is 6.90. The molecule has 0 heterocycles. The molecule has 20 heavy (non-hydrogen) atoms. The molecule has 2 aromatic rings. The molecule has 1 unspecified atom stereocenters. The van der Waals surface area contributed by atoms with E-state index in [9.17, 15) is 4.39 Å². The predicted molar refractivity (Wildman–Crippen MR) is 82.7 cm³/mol. The van der Waals surface area contributed by atoms with Crippen molar-refractivity contribution in [1.82, 2.24) is 5.32 Å². The average Bonchev–Trinajstić information content (AvgIpc) is 2.43. The number of hydrogen-bond donors (Lipinski definition) is 1. The van der Waals surface area contributed by atoms with Crippen molar-refractivity contribution in [3.05, 3.63) is 70.5 Å². The van der Waals surface area contributed by atoms with Gasteiger partial charge in [0.15, 0.2) is 0 Å². The van der Waals surface area contributed by atoms with Crippen LogP contribution in [0.5, 0.6) is 0 Å². The maximum absolute atomic E-state index is 13.1. The molecule has 0 bridgehead atoms. The van der Waals surface area contributed by atoms with Gasteiger partial charge >= 0.3 is 0 Å². The molecule has 0 saturated heterocycles. The molecule has 1 N–H and O–H groups in total. The Bertz CT molecular complexity index is 542. The smallest absolute Gasteiger partial charge is 0.124 e. The fourth-order valence-corrected chi connectivity index (χ4v) is 2.60. The van der Waals surface area contributed by atoms with Crippen LogP contribution in [0.2, 0.25) is 5.02 Å². The molecular weight excluding hydrogens is 273 g/mol. The summed E-state index contributed by atoms with van der Waals surface area (Å²) in [6.45, 7) is 2.99. The van der Waals surface area contributed by atoms with E-state index < -0.39 is 0 Å². The standard InChI is InChI=1S/C17H19ClFN/c1-2-20-16(10-13-6-4-3-5-7-13)11-14-8-9-15(19)12-17(14)18/h3-9,12,16,20H,2,10-11H2,1H3. The van der Waals surface area contributed by atoms with E-state index in [1.54, 1.807) is 6.07 Å². The zero-order valence-corrected chi connectivity index (χ0v) is 12.3. The Balaban J connectivity index is 2.09. The summed E-state index contributed by atoms with van der Waals surface area (Å²) in [5, 5.41) is 3.97. The lowest BCUT2D eigenvalue weighted by Gasteiger charge is -2.19. The normalized spacial score (nSPS) is 12.3. The van der Waals surface area contributed by atoms with Crippen molar-refractivity contribution in [1.29, 1.82) is 0 Å². The number of benzene rings is 2. The van der Waals surface area contributed by atoms with Crippen LogP contribution < -0.4 is 5.32 Å². The van der Waals surface area contributed by atoms with Crippen molar-refractivity contribution in [2.75, 3.05) is 6.54 Å². The summed E-state index contributed by atoms with van der Waals surface area (Å²) < 4.78 is 13.1. The Morgan fingerprint density at radius 1 is 1.10 bits per heavy atom. The van der Waals surface area contributed by atoms with Gasteiger partial charge in [0, 0.05) is 11.1 Å². The van der Waals surface area contributed by atoms with E-state index in [4.69, 9.17) is 11.6 Å². The van der Waals surface area contributed by atoms with Gasteiger partial charge in [-0.3, -0.25) is 0 Å². The minimum Gasteiger partial charge on any atom is -0.314 e. The lowest BCUT2D eigenvalue weighted by atomic mass is 9.99. The number of hydrogen-bond acceptors (Lipinski definition) is 1. The van der Waals surface area contributed by atoms with Crippen LogP contribution in [-0.2, 0) is 12.8 Å². The predicted octanol–water partition coefficient (Wildman–Crippen LogP) is 4.24. The van der Waals surface area contributed by atoms with Gasteiger partial charge in [0.1, 0.15) is 5.82 Å². The van der Waals surface area contributed by atoms with Crippen LogP contribution in [0.4, 0.5) is 4.39 Å². The van der Waals surface area contributed by atoms with Gasteiger partial charge in [-0.1, -0.05) is 54.9 Å². The van der Waals surface area contributed by atoms with Gasteiger partial charge in [-0.15, -0.1) is 0 Å². The monoisotopic (exact) mass is 291 g/mol. The van der Waals surface area contributed by atoms with E-state index >= 15 is 0 Å². The Hall–Kier alpha value is -1.38. The highest BCUT2D eigenvalue weighted by Crippen LogP contribution is 2.20. The van der Waals surface area contributed by atoms with E-state index in [-0.39, 0.29) is 5.82 Å². The van der Waals surface area contributed by atoms with Crippen LogP contribution in [0, 0.1) is 5.82 Å². The molecule has 106 valence electrons. The van der Waals surface area contributed by atoms with E-state index in [0.717, 1.165) is 24.9 Å². The van der Waals surface area contributed by atoms with Crippen LogP contribution in [0.3, 0.4) is 0 Å². The molecule has 1 atom stereocenters. The van der Waals surface area contributed by atoms with Crippen molar-refractivity contribution < 1.29 is 4.39 Å². The minimum atomic E-state index is -0.290. The topological polar surface area (TPSA) is 12.0 Å². The maximum Gasteiger partial charge on any atom is 0.124 e. The van der Waals surface area contributed by atoms with E-state index in [1.165, 1.54) is 17.7 Å². The van der Waals surface area contributed by atoms with Gasteiger partial charge in [-0.05, 0) is 42.6 Å². The molecule has 2 rings (SSSR count). The van der Waals surface area contributed by atoms with Crippen LogP contribution in [0.1, 0.15) is 18.1 Å². The molecular formula is C17H19ClFN. The number of likely N-dealkylation sites (N-methyl/N-ethyl adjacent to an activating group) is 1. The highest BCUT2D eigenvalue weighted by Gasteiger charge is 2.12. The zero-order valence-electron chi connectivity index (χ0n) is 11.6. The summed E-state index contributed by atoms with van der Waals surface area (Å²) in [4.78, 5) is 0. The largest absolute Gasteiger partial charge is 0.314 e. The summed E-state index contributed by atoms with van der Waals surface area (Å²) >= 11 is 6.11. The van der Waals surface area contributed by atoms with Crippen molar-refractivity contribution in [3.63, 3.8) is 0 Å². The van der Waals surface area contributed by atoms with E-state index in [1.807, 2.05) is 18.2 Å². The lowest BCUT2D eigenvalue weighted by molar-refractivity contribution is 0.521. The highest BCUT2D eigenvalue weighted by atomic mass is 35.5.